The minimum atomic E-state index is -0.105. The molecule has 6 nitrogen and oxygen atoms in total. The van der Waals surface area contributed by atoms with E-state index in [2.05, 4.69) is 20.5 Å². The Bertz CT molecular complexity index is 592. The minimum Gasteiger partial charge on any atom is -0.381 e. The third-order valence-electron chi connectivity index (χ3n) is 4.59. The summed E-state index contributed by atoms with van der Waals surface area (Å²) in [5.41, 5.74) is 0.604. The van der Waals surface area contributed by atoms with Gasteiger partial charge in [-0.25, -0.2) is 0 Å². The van der Waals surface area contributed by atoms with Crippen molar-refractivity contribution in [2.75, 3.05) is 46.9 Å². The van der Waals surface area contributed by atoms with Gasteiger partial charge in [0, 0.05) is 57.5 Å². The Kier molecular flexibility index (Phi) is 11.7. The Morgan fingerprint density at radius 1 is 1.22 bits per heavy atom. The molecule has 1 aliphatic heterocycles. The fraction of sp³-hybridized carbons (Fsp3) is 0.579. The molecule has 2 N–H and O–H groups in total. The lowest BCUT2D eigenvalue weighted by Crippen LogP contribution is -2.43. The molecule has 0 unspecified atom stereocenters. The van der Waals surface area contributed by atoms with Crippen molar-refractivity contribution in [3.05, 3.63) is 34.9 Å². The molecule has 0 saturated carbocycles. The third-order valence-corrected chi connectivity index (χ3v) is 4.84. The molecule has 27 heavy (non-hydrogen) atoms. The lowest BCUT2D eigenvalue weighted by atomic mass is 9.96. The SMILES string of the molecule is CN=C(NCCNC(=O)c1ccc(Cl)cc1)N(C)CCC1CCOCC1.I. The van der Waals surface area contributed by atoms with Crippen molar-refractivity contribution in [2.24, 2.45) is 10.9 Å². The molecule has 1 fully saturated rings. The van der Waals surface area contributed by atoms with Crippen LogP contribution in [-0.4, -0.2) is 63.7 Å². The average molecular weight is 509 g/mol. The molecule has 152 valence electrons. The zero-order valence-electron chi connectivity index (χ0n) is 16.0. The van der Waals surface area contributed by atoms with Crippen LogP contribution in [0.15, 0.2) is 29.3 Å². The van der Waals surface area contributed by atoms with Crippen LogP contribution < -0.4 is 10.6 Å². The van der Waals surface area contributed by atoms with Crippen molar-refractivity contribution >= 4 is 47.4 Å². The third kappa shape index (κ3) is 8.66. The summed E-state index contributed by atoms with van der Waals surface area (Å²) in [6.07, 6.45) is 3.45. The van der Waals surface area contributed by atoms with Crippen molar-refractivity contribution in [3.8, 4) is 0 Å². The summed E-state index contributed by atoms with van der Waals surface area (Å²) in [4.78, 5) is 18.5. The highest BCUT2D eigenvalue weighted by atomic mass is 127. The first-order chi connectivity index (χ1) is 12.6. The lowest BCUT2D eigenvalue weighted by molar-refractivity contribution is 0.0625. The number of rotatable bonds is 7. The molecule has 0 aromatic heterocycles. The van der Waals surface area contributed by atoms with Crippen LogP contribution in [0.5, 0.6) is 0 Å². The van der Waals surface area contributed by atoms with Gasteiger partial charge in [0.15, 0.2) is 5.96 Å². The number of aliphatic imine (C=N–C) groups is 1. The molecule has 0 spiro atoms. The van der Waals surface area contributed by atoms with Gasteiger partial charge in [0.05, 0.1) is 0 Å². The van der Waals surface area contributed by atoms with Crippen LogP contribution in [0, 0.1) is 5.92 Å². The van der Waals surface area contributed by atoms with Crippen LogP contribution in [0.1, 0.15) is 29.6 Å². The molecular formula is C19H30ClIN4O2. The second-order valence-corrected chi connectivity index (χ2v) is 6.94. The first kappa shape index (κ1) is 24.0. The maximum Gasteiger partial charge on any atom is 0.251 e. The van der Waals surface area contributed by atoms with Crippen molar-refractivity contribution in [1.29, 1.82) is 0 Å². The lowest BCUT2D eigenvalue weighted by Gasteiger charge is -2.26. The highest BCUT2D eigenvalue weighted by Crippen LogP contribution is 2.18. The second kappa shape index (κ2) is 13.2. The van der Waals surface area contributed by atoms with Gasteiger partial charge in [0.25, 0.3) is 5.91 Å². The van der Waals surface area contributed by atoms with Gasteiger partial charge >= 0.3 is 0 Å². The van der Waals surface area contributed by atoms with Gasteiger partial charge in [-0.1, -0.05) is 11.6 Å². The predicted molar refractivity (Wildman–Crippen MR) is 121 cm³/mol. The summed E-state index contributed by atoms with van der Waals surface area (Å²) in [7, 11) is 3.82. The van der Waals surface area contributed by atoms with E-state index in [0.29, 0.717) is 23.7 Å². The van der Waals surface area contributed by atoms with E-state index >= 15 is 0 Å². The Morgan fingerprint density at radius 3 is 2.48 bits per heavy atom. The minimum absolute atomic E-state index is 0. The van der Waals surface area contributed by atoms with Gasteiger partial charge in [0.1, 0.15) is 0 Å². The predicted octanol–water partition coefficient (Wildman–Crippen LogP) is 3.01. The Labute approximate surface area is 184 Å². The first-order valence-corrected chi connectivity index (χ1v) is 9.51. The molecule has 0 bridgehead atoms. The zero-order valence-corrected chi connectivity index (χ0v) is 19.1. The summed E-state index contributed by atoms with van der Waals surface area (Å²) < 4.78 is 5.41. The molecule has 2 rings (SSSR count). The van der Waals surface area contributed by atoms with Crippen LogP contribution in [0.3, 0.4) is 0 Å². The van der Waals surface area contributed by atoms with E-state index < -0.39 is 0 Å². The number of nitrogens with one attached hydrogen (secondary N) is 2. The molecule has 1 amide bonds. The van der Waals surface area contributed by atoms with Gasteiger partial charge in [-0.2, -0.15) is 0 Å². The van der Waals surface area contributed by atoms with Crippen LogP contribution in [0.25, 0.3) is 0 Å². The van der Waals surface area contributed by atoms with E-state index in [1.165, 1.54) is 0 Å². The number of carbonyl (C=O) groups excluding carboxylic acids is 1. The topological polar surface area (TPSA) is 66.0 Å². The van der Waals surface area contributed by atoms with Gasteiger partial charge in [0.2, 0.25) is 0 Å². The van der Waals surface area contributed by atoms with Crippen LogP contribution >= 0.6 is 35.6 Å². The number of hydrogen-bond acceptors (Lipinski definition) is 3. The van der Waals surface area contributed by atoms with E-state index in [4.69, 9.17) is 16.3 Å². The monoisotopic (exact) mass is 508 g/mol. The zero-order chi connectivity index (χ0) is 18.8. The number of benzene rings is 1. The summed E-state index contributed by atoms with van der Waals surface area (Å²) in [5, 5.41) is 6.80. The number of hydrogen-bond donors (Lipinski definition) is 2. The van der Waals surface area contributed by atoms with Gasteiger partial charge in [-0.15, -0.1) is 24.0 Å². The van der Waals surface area contributed by atoms with Crippen LogP contribution in [0.2, 0.25) is 5.02 Å². The number of carbonyl (C=O) groups is 1. The second-order valence-electron chi connectivity index (χ2n) is 6.50. The van der Waals surface area contributed by atoms with Crippen molar-refractivity contribution in [1.82, 2.24) is 15.5 Å². The quantitative estimate of drug-likeness (QED) is 0.257. The number of halogens is 2. The van der Waals surface area contributed by atoms with Crippen LogP contribution in [-0.2, 0) is 4.74 Å². The Morgan fingerprint density at radius 2 is 1.85 bits per heavy atom. The molecule has 1 aliphatic rings. The fourth-order valence-electron chi connectivity index (χ4n) is 2.96. The summed E-state index contributed by atoms with van der Waals surface area (Å²) in [6, 6.07) is 6.86. The maximum atomic E-state index is 12.0. The molecule has 1 aromatic rings. The number of ether oxygens (including phenoxy) is 1. The molecule has 0 radical (unpaired) electrons. The summed E-state index contributed by atoms with van der Waals surface area (Å²) in [5.74, 6) is 1.48. The average Bonchev–Trinajstić information content (AvgIpc) is 2.67. The number of nitrogens with zero attached hydrogens (tertiary/aromatic N) is 2. The molecule has 1 heterocycles. The number of guanidine groups is 1. The Hall–Kier alpha value is -1.06. The highest BCUT2D eigenvalue weighted by molar-refractivity contribution is 14.0. The van der Waals surface area contributed by atoms with E-state index in [9.17, 15) is 4.79 Å². The Balaban J connectivity index is 0.00000364. The fourth-order valence-corrected chi connectivity index (χ4v) is 3.08. The van der Waals surface area contributed by atoms with Crippen LogP contribution in [0.4, 0.5) is 0 Å². The standard InChI is InChI=1S/C19H29ClN4O2.HI/c1-21-19(24(2)12-7-15-8-13-26-14-9-15)23-11-10-22-18(25)16-3-5-17(20)6-4-16;/h3-6,15H,7-14H2,1-2H3,(H,21,23)(H,22,25);1H. The van der Waals surface area contributed by atoms with E-state index in [1.54, 1.807) is 31.3 Å². The van der Waals surface area contributed by atoms with E-state index in [0.717, 1.165) is 50.9 Å². The van der Waals surface area contributed by atoms with Crippen molar-refractivity contribution in [3.63, 3.8) is 0 Å². The largest absolute Gasteiger partial charge is 0.381 e. The molecule has 8 heteroatoms. The van der Waals surface area contributed by atoms with Crippen molar-refractivity contribution < 1.29 is 9.53 Å². The normalized spacial score (nSPS) is 15.0. The highest BCUT2D eigenvalue weighted by Gasteiger charge is 2.15. The maximum absolute atomic E-state index is 12.0. The first-order valence-electron chi connectivity index (χ1n) is 9.13. The molecule has 0 aliphatic carbocycles. The van der Waals surface area contributed by atoms with Crippen molar-refractivity contribution in [2.45, 2.75) is 19.3 Å². The van der Waals surface area contributed by atoms with Gasteiger partial charge in [-0.05, 0) is 49.4 Å². The van der Waals surface area contributed by atoms with Gasteiger partial charge in [-0.3, -0.25) is 9.79 Å². The molecule has 1 saturated heterocycles. The summed E-state index contributed by atoms with van der Waals surface area (Å²) >= 11 is 5.83. The van der Waals surface area contributed by atoms with Gasteiger partial charge < -0.3 is 20.3 Å². The molecule has 0 atom stereocenters. The molecule has 1 aromatic carbocycles. The van der Waals surface area contributed by atoms with E-state index in [1.807, 2.05) is 7.05 Å². The smallest absolute Gasteiger partial charge is 0.251 e. The van der Waals surface area contributed by atoms with E-state index in [-0.39, 0.29) is 29.9 Å². The number of amides is 1. The molecular weight excluding hydrogens is 479 g/mol. The summed E-state index contributed by atoms with van der Waals surface area (Å²) in [6.45, 7) is 3.87.